The van der Waals surface area contributed by atoms with Crippen LogP contribution in [-0.4, -0.2) is 23.0 Å². The van der Waals surface area contributed by atoms with E-state index in [1.54, 1.807) is 0 Å². The largest absolute Gasteiger partial charge is 0.434 e. The van der Waals surface area contributed by atoms with Crippen molar-refractivity contribution in [3.63, 3.8) is 0 Å². The van der Waals surface area contributed by atoms with Gasteiger partial charge < -0.3 is 5.32 Å². The van der Waals surface area contributed by atoms with Crippen LogP contribution >= 0.6 is 27.3 Å². The fraction of sp³-hybridized carbons (Fsp3) is 0.182. The number of anilines is 1. The van der Waals surface area contributed by atoms with E-state index in [0.29, 0.717) is 10.0 Å². The van der Waals surface area contributed by atoms with Gasteiger partial charge in [0.2, 0.25) is 0 Å². The monoisotopic (exact) mass is 380 g/mol. The molecule has 0 aliphatic carbocycles. The normalized spacial score (nSPS) is 11.3. The van der Waals surface area contributed by atoms with Crippen molar-refractivity contribution >= 4 is 39.1 Å². The number of alkyl halides is 3. The number of pyridine rings is 1. The van der Waals surface area contributed by atoms with Gasteiger partial charge in [-0.05, 0) is 22.0 Å². The van der Waals surface area contributed by atoms with Crippen LogP contribution in [0.3, 0.4) is 0 Å². The molecule has 5 nitrogen and oxygen atoms in total. The maximum Gasteiger partial charge on any atom is 0.434 e. The van der Waals surface area contributed by atoms with E-state index in [2.05, 4.69) is 36.5 Å². The van der Waals surface area contributed by atoms with Crippen LogP contribution in [0.15, 0.2) is 22.1 Å². The molecule has 0 atom stereocenters. The lowest BCUT2D eigenvalue weighted by molar-refractivity contribution is -0.140. The van der Waals surface area contributed by atoms with Crippen LogP contribution in [0.5, 0.6) is 0 Å². The molecule has 0 aliphatic rings. The van der Waals surface area contributed by atoms with Crippen molar-refractivity contribution in [2.24, 2.45) is 0 Å². The summed E-state index contributed by atoms with van der Waals surface area (Å²) >= 11 is 4.06. The number of hydrogen-bond acceptors (Lipinski definition) is 4. The van der Waals surface area contributed by atoms with Crippen molar-refractivity contribution < 1.29 is 18.0 Å². The van der Waals surface area contributed by atoms with E-state index in [4.69, 9.17) is 0 Å². The Balaban J connectivity index is 2.36. The van der Waals surface area contributed by atoms with Crippen LogP contribution in [0.2, 0.25) is 0 Å². The third-order valence-electron chi connectivity index (χ3n) is 2.35. The number of rotatable bonds is 2. The first-order valence-electron chi connectivity index (χ1n) is 5.48. The first-order chi connectivity index (χ1) is 9.81. The summed E-state index contributed by atoms with van der Waals surface area (Å²) in [4.78, 5) is 18.7. The van der Waals surface area contributed by atoms with E-state index in [1.165, 1.54) is 19.3 Å². The second kappa shape index (κ2) is 5.98. The Hall–Kier alpha value is -1.68. The lowest BCUT2D eigenvalue weighted by atomic mass is 10.2. The molecule has 2 N–H and O–H groups in total. The van der Waals surface area contributed by atoms with Gasteiger partial charge in [0.05, 0.1) is 0 Å². The van der Waals surface area contributed by atoms with Crippen molar-refractivity contribution in [2.45, 2.75) is 6.18 Å². The van der Waals surface area contributed by atoms with Gasteiger partial charge in [-0.25, -0.2) is 14.8 Å². The zero-order valence-corrected chi connectivity index (χ0v) is 12.9. The van der Waals surface area contributed by atoms with E-state index < -0.39 is 17.9 Å². The number of halogens is 4. The number of aromatic nitrogens is 2. The van der Waals surface area contributed by atoms with Gasteiger partial charge in [0.15, 0.2) is 5.69 Å². The van der Waals surface area contributed by atoms with E-state index >= 15 is 0 Å². The first kappa shape index (κ1) is 15.7. The number of carbonyl (C=O) groups excluding carboxylic acids is 1. The number of carbonyl (C=O) groups is 1. The van der Waals surface area contributed by atoms with Crippen LogP contribution in [-0.2, 0) is 6.18 Å². The topological polar surface area (TPSA) is 66.9 Å². The van der Waals surface area contributed by atoms with Crippen LogP contribution < -0.4 is 10.6 Å². The van der Waals surface area contributed by atoms with Gasteiger partial charge in [0.25, 0.3) is 0 Å². The van der Waals surface area contributed by atoms with Gasteiger partial charge in [-0.3, -0.25) is 5.32 Å². The SMILES string of the molecule is CNC(=O)Nc1cc(-c2nc(C(F)(F)F)cs2)c(Br)cn1. The molecule has 0 unspecified atom stereocenters. The highest BCUT2D eigenvalue weighted by Gasteiger charge is 2.34. The summed E-state index contributed by atoms with van der Waals surface area (Å²) in [5.74, 6) is 0.205. The molecule has 2 rings (SSSR count). The summed E-state index contributed by atoms with van der Waals surface area (Å²) in [6.45, 7) is 0. The first-order valence-corrected chi connectivity index (χ1v) is 7.16. The predicted molar refractivity (Wildman–Crippen MR) is 76.1 cm³/mol. The molecule has 0 radical (unpaired) electrons. The summed E-state index contributed by atoms with van der Waals surface area (Å²) in [5.41, 5.74) is -0.538. The summed E-state index contributed by atoms with van der Waals surface area (Å²) in [6, 6.07) is 0.962. The van der Waals surface area contributed by atoms with Gasteiger partial charge in [-0.1, -0.05) is 0 Å². The zero-order chi connectivity index (χ0) is 15.6. The van der Waals surface area contributed by atoms with Crippen molar-refractivity contribution in [1.82, 2.24) is 15.3 Å². The highest BCUT2D eigenvalue weighted by molar-refractivity contribution is 9.10. The molecular formula is C11H8BrF3N4OS. The lowest BCUT2D eigenvalue weighted by Gasteiger charge is -2.06. The quantitative estimate of drug-likeness (QED) is 0.833. The lowest BCUT2D eigenvalue weighted by Crippen LogP contribution is -2.24. The molecule has 21 heavy (non-hydrogen) atoms. The molecule has 2 amide bonds. The van der Waals surface area contributed by atoms with Crippen molar-refractivity contribution in [3.8, 4) is 10.6 Å². The molecule has 0 spiro atoms. The second-order valence-corrected chi connectivity index (χ2v) is 5.50. The number of nitrogens with zero attached hydrogens (tertiary/aromatic N) is 2. The van der Waals surface area contributed by atoms with Crippen molar-refractivity contribution in [1.29, 1.82) is 0 Å². The molecule has 0 saturated carbocycles. The van der Waals surface area contributed by atoms with Crippen LogP contribution in [0.1, 0.15) is 5.69 Å². The van der Waals surface area contributed by atoms with E-state index in [-0.39, 0.29) is 10.8 Å². The predicted octanol–water partition coefficient (Wildman–Crippen LogP) is 3.74. The average Bonchev–Trinajstić information content (AvgIpc) is 2.90. The fourth-order valence-electron chi connectivity index (χ4n) is 1.38. The highest BCUT2D eigenvalue weighted by atomic mass is 79.9. The van der Waals surface area contributed by atoms with Gasteiger partial charge in [-0.2, -0.15) is 13.2 Å². The Morgan fingerprint density at radius 2 is 2.14 bits per heavy atom. The molecule has 2 heterocycles. The van der Waals surface area contributed by atoms with Gasteiger partial charge in [0, 0.05) is 28.7 Å². The third-order valence-corrected chi connectivity index (χ3v) is 3.86. The van der Waals surface area contributed by atoms with Crippen LogP contribution in [0.25, 0.3) is 10.6 Å². The number of thiazole rings is 1. The third kappa shape index (κ3) is 3.70. The van der Waals surface area contributed by atoms with Gasteiger partial charge in [0.1, 0.15) is 10.8 Å². The molecule has 112 valence electrons. The summed E-state index contributed by atoms with van der Waals surface area (Å²) in [6.07, 6.45) is -3.10. The number of amides is 2. The molecule has 10 heteroatoms. The molecular weight excluding hydrogens is 373 g/mol. The Labute approximate surface area is 129 Å². The molecule has 0 fully saturated rings. The van der Waals surface area contributed by atoms with Gasteiger partial charge in [-0.15, -0.1) is 11.3 Å². The van der Waals surface area contributed by atoms with E-state index in [1.807, 2.05) is 0 Å². The molecule has 2 aromatic heterocycles. The summed E-state index contributed by atoms with van der Waals surface area (Å²) in [5, 5.41) is 5.90. The molecule has 0 bridgehead atoms. The maximum absolute atomic E-state index is 12.6. The highest BCUT2D eigenvalue weighted by Crippen LogP contribution is 2.36. The number of nitrogens with one attached hydrogen (secondary N) is 2. The summed E-state index contributed by atoms with van der Waals surface area (Å²) < 4.78 is 38.2. The standard InChI is InChI=1S/C11H8BrF3N4OS/c1-16-10(20)19-8-2-5(6(12)3-17-8)9-18-7(4-21-9)11(13,14)15/h2-4H,1H3,(H2,16,17,19,20). The average molecular weight is 381 g/mol. The molecule has 0 aliphatic heterocycles. The minimum Gasteiger partial charge on any atom is -0.341 e. The summed E-state index contributed by atoms with van der Waals surface area (Å²) in [7, 11) is 1.44. The Kier molecular flexibility index (Phi) is 4.47. The molecule has 2 aromatic rings. The van der Waals surface area contributed by atoms with Crippen molar-refractivity contribution in [3.05, 3.63) is 27.8 Å². The minimum atomic E-state index is -4.49. The zero-order valence-electron chi connectivity index (χ0n) is 10.5. The smallest absolute Gasteiger partial charge is 0.341 e. The fourth-order valence-corrected chi connectivity index (χ4v) is 2.77. The maximum atomic E-state index is 12.6. The van der Waals surface area contributed by atoms with E-state index in [9.17, 15) is 18.0 Å². The minimum absolute atomic E-state index is 0.177. The number of hydrogen-bond donors (Lipinski definition) is 2. The Morgan fingerprint density at radius 1 is 1.43 bits per heavy atom. The molecule has 0 aromatic carbocycles. The molecule has 0 saturated heterocycles. The van der Waals surface area contributed by atoms with Gasteiger partial charge >= 0.3 is 12.2 Å². The van der Waals surface area contributed by atoms with Crippen LogP contribution in [0.4, 0.5) is 23.8 Å². The number of urea groups is 1. The Bertz CT molecular complexity index is 674. The second-order valence-electron chi connectivity index (χ2n) is 3.79. The van der Waals surface area contributed by atoms with E-state index in [0.717, 1.165) is 16.7 Å². The van der Waals surface area contributed by atoms with Crippen molar-refractivity contribution in [2.75, 3.05) is 12.4 Å². The Morgan fingerprint density at radius 3 is 2.71 bits per heavy atom. The van der Waals surface area contributed by atoms with Crippen LogP contribution in [0, 0.1) is 0 Å².